The fraction of sp³-hybridized carbons (Fsp3) is 0.353. The second-order valence-electron chi connectivity index (χ2n) is 5.59. The highest BCUT2D eigenvalue weighted by Crippen LogP contribution is 2.38. The van der Waals surface area contributed by atoms with Gasteiger partial charge in [0.15, 0.2) is 0 Å². The van der Waals surface area contributed by atoms with Gasteiger partial charge in [-0.2, -0.15) is 5.26 Å². The molecule has 0 saturated heterocycles. The molecule has 1 aliphatic rings. The van der Waals surface area contributed by atoms with Gasteiger partial charge >= 0.3 is 5.97 Å². The first-order valence-electron chi connectivity index (χ1n) is 7.50. The molecule has 23 heavy (non-hydrogen) atoms. The summed E-state index contributed by atoms with van der Waals surface area (Å²) in [7, 11) is 0. The lowest BCUT2D eigenvalue weighted by molar-refractivity contribution is 0.0701. The van der Waals surface area contributed by atoms with E-state index < -0.39 is 5.97 Å². The van der Waals surface area contributed by atoms with Gasteiger partial charge in [-0.1, -0.05) is 18.9 Å². The van der Waals surface area contributed by atoms with Crippen LogP contribution in [0.25, 0.3) is 10.6 Å². The average Bonchev–Trinajstić information content (AvgIpc) is 3.17. The van der Waals surface area contributed by atoms with Crippen molar-refractivity contribution in [2.45, 2.75) is 42.8 Å². The summed E-state index contributed by atoms with van der Waals surface area (Å²) in [5.74, 6) is -0.958. The number of carboxylic acid groups (broad SMARTS) is 1. The van der Waals surface area contributed by atoms with Crippen LogP contribution >= 0.6 is 23.1 Å². The topological polar surface area (TPSA) is 74.0 Å². The van der Waals surface area contributed by atoms with E-state index in [1.165, 1.54) is 25.7 Å². The molecule has 1 fully saturated rings. The van der Waals surface area contributed by atoms with Gasteiger partial charge in [-0.15, -0.1) is 23.1 Å². The van der Waals surface area contributed by atoms with Gasteiger partial charge in [0.2, 0.25) is 0 Å². The highest BCUT2D eigenvalue weighted by atomic mass is 32.2. The lowest BCUT2D eigenvalue weighted by Gasteiger charge is -2.10. The van der Waals surface area contributed by atoms with Crippen LogP contribution in [0.15, 0.2) is 23.1 Å². The fourth-order valence-electron chi connectivity index (χ4n) is 2.76. The van der Waals surface area contributed by atoms with Crippen molar-refractivity contribution in [2.24, 2.45) is 0 Å². The van der Waals surface area contributed by atoms with Crippen LogP contribution in [0.4, 0.5) is 0 Å². The van der Waals surface area contributed by atoms with Crippen molar-refractivity contribution in [3.8, 4) is 16.6 Å². The summed E-state index contributed by atoms with van der Waals surface area (Å²) >= 11 is 2.94. The van der Waals surface area contributed by atoms with E-state index >= 15 is 0 Å². The van der Waals surface area contributed by atoms with Crippen LogP contribution in [0.5, 0.6) is 0 Å². The molecule has 1 aromatic carbocycles. The molecule has 0 aliphatic heterocycles. The lowest BCUT2D eigenvalue weighted by Crippen LogP contribution is -1.95. The van der Waals surface area contributed by atoms with E-state index in [1.54, 1.807) is 18.7 Å². The first kappa shape index (κ1) is 16.0. The number of hydrogen-bond donors (Lipinski definition) is 1. The first-order chi connectivity index (χ1) is 11.1. The molecule has 6 heteroatoms. The average molecular weight is 344 g/mol. The van der Waals surface area contributed by atoms with Crippen molar-refractivity contribution in [1.82, 2.24) is 4.98 Å². The molecule has 1 heterocycles. The number of aromatic carboxylic acids is 1. The largest absolute Gasteiger partial charge is 0.477 e. The van der Waals surface area contributed by atoms with E-state index in [9.17, 15) is 10.1 Å². The zero-order valence-corrected chi connectivity index (χ0v) is 14.3. The SMILES string of the molecule is Cc1nc(-c2ccc(SC3CCCC3)c(C#N)c2)sc1C(=O)O. The number of aromatic nitrogens is 1. The second-order valence-corrected chi connectivity index (χ2v) is 7.93. The maximum atomic E-state index is 11.2. The molecule has 118 valence electrons. The van der Waals surface area contributed by atoms with Crippen molar-refractivity contribution >= 4 is 29.1 Å². The van der Waals surface area contributed by atoms with Crippen LogP contribution in [0, 0.1) is 18.3 Å². The predicted molar refractivity (Wildman–Crippen MR) is 92.1 cm³/mol. The van der Waals surface area contributed by atoms with Gasteiger partial charge in [0, 0.05) is 15.7 Å². The molecule has 0 spiro atoms. The minimum Gasteiger partial charge on any atom is -0.477 e. The number of carbonyl (C=O) groups is 1. The quantitative estimate of drug-likeness (QED) is 0.868. The van der Waals surface area contributed by atoms with Crippen molar-refractivity contribution in [1.29, 1.82) is 5.26 Å². The standard InChI is InChI=1S/C17H16N2O2S2/c1-10-15(17(20)21)23-16(19-10)11-6-7-14(12(8-11)9-18)22-13-4-2-3-5-13/h6-8,13H,2-5H2,1H3,(H,20,21). The van der Waals surface area contributed by atoms with Crippen LogP contribution in [0.3, 0.4) is 0 Å². The molecule has 0 radical (unpaired) electrons. The zero-order valence-electron chi connectivity index (χ0n) is 12.7. The van der Waals surface area contributed by atoms with Gasteiger partial charge in [0.05, 0.1) is 11.3 Å². The minimum atomic E-state index is -0.958. The summed E-state index contributed by atoms with van der Waals surface area (Å²) in [6.07, 6.45) is 4.97. The lowest BCUT2D eigenvalue weighted by atomic mass is 10.1. The molecule has 0 unspecified atom stereocenters. The first-order valence-corrected chi connectivity index (χ1v) is 9.20. The summed E-state index contributed by atoms with van der Waals surface area (Å²) in [5, 5.41) is 19.8. The van der Waals surface area contributed by atoms with E-state index in [0.717, 1.165) is 21.8 Å². The number of thiazole rings is 1. The molecule has 4 nitrogen and oxygen atoms in total. The smallest absolute Gasteiger partial charge is 0.347 e. The molecule has 0 bridgehead atoms. The Balaban J connectivity index is 1.91. The van der Waals surface area contributed by atoms with E-state index in [0.29, 0.717) is 21.5 Å². The second kappa shape index (κ2) is 6.73. The summed E-state index contributed by atoms with van der Waals surface area (Å²) < 4.78 is 0. The van der Waals surface area contributed by atoms with Gasteiger partial charge in [-0.25, -0.2) is 9.78 Å². The van der Waals surface area contributed by atoms with Crippen molar-refractivity contribution in [3.05, 3.63) is 34.3 Å². The Bertz CT molecular complexity index is 786. The number of benzene rings is 1. The molecule has 0 amide bonds. The molecular formula is C17H16N2O2S2. The van der Waals surface area contributed by atoms with Crippen molar-refractivity contribution in [3.63, 3.8) is 0 Å². The molecule has 0 atom stereocenters. The van der Waals surface area contributed by atoms with Crippen LogP contribution in [0.1, 0.15) is 46.6 Å². The monoisotopic (exact) mass is 344 g/mol. The van der Waals surface area contributed by atoms with Crippen molar-refractivity contribution in [2.75, 3.05) is 0 Å². The number of rotatable bonds is 4. The Morgan fingerprint density at radius 1 is 1.43 bits per heavy atom. The Morgan fingerprint density at radius 2 is 2.17 bits per heavy atom. The number of aryl methyl sites for hydroxylation is 1. The molecule has 2 aromatic rings. The maximum absolute atomic E-state index is 11.2. The number of hydrogen-bond acceptors (Lipinski definition) is 5. The third-order valence-corrected chi connectivity index (χ3v) is 6.54. The van der Waals surface area contributed by atoms with Crippen LogP contribution in [0.2, 0.25) is 0 Å². The zero-order chi connectivity index (χ0) is 16.4. The van der Waals surface area contributed by atoms with E-state index in [4.69, 9.17) is 5.11 Å². The van der Waals surface area contributed by atoms with Gasteiger partial charge in [-0.3, -0.25) is 0 Å². The number of carboxylic acids is 1. The van der Waals surface area contributed by atoms with Gasteiger partial charge in [0.1, 0.15) is 16.0 Å². The summed E-state index contributed by atoms with van der Waals surface area (Å²) in [5.41, 5.74) is 1.96. The third-order valence-electron chi connectivity index (χ3n) is 3.93. The van der Waals surface area contributed by atoms with Gasteiger partial charge < -0.3 is 5.11 Å². The van der Waals surface area contributed by atoms with Gasteiger partial charge in [-0.05, 0) is 31.9 Å². The molecule has 1 saturated carbocycles. The van der Waals surface area contributed by atoms with Crippen molar-refractivity contribution < 1.29 is 9.90 Å². The van der Waals surface area contributed by atoms with E-state index in [1.807, 2.05) is 18.2 Å². The molecule has 1 aliphatic carbocycles. The highest BCUT2D eigenvalue weighted by Gasteiger charge is 2.19. The third kappa shape index (κ3) is 3.41. The van der Waals surface area contributed by atoms with E-state index in [2.05, 4.69) is 11.1 Å². The molecule has 3 rings (SSSR count). The molecule has 1 N–H and O–H groups in total. The maximum Gasteiger partial charge on any atom is 0.347 e. The Morgan fingerprint density at radius 3 is 2.78 bits per heavy atom. The van der Waals surface area contributed by atoms with Crippen LogP contribution in [-0.4, -0.2) is 21.3 Å². The fourth-order valence-corrected chi connectivity index (χ4v) is 4.96. The highest BCUT2D eigenvalue weighted by molar-refractivity contribution is 8.00. The summed E-state index contributed by atoms with van der Waals surface area (Å²) in [4.78, 5) is 16.7. The van der Waals surface area contributed by atoms with Gasteiger partial charge in [0.25, 0.3) is 0 Å². The Hall–Kier alpha value is -1.84. The number of thioether (sulfide) groups is 1. The molecular weight excluding hydrogens is 328 g/mol. The number of nitrogens with zero attached hydrogens (tertiary/aromatic N) is 2. The van der Waals surface area contributed by atoms with Crippen LogP contribution < -0.4 is 0 Å². The van der Waals surface area contributed by atoms with Crippen LogP contribution in [-0.2, 0) is 0 Å². The summed E-state index contributed by atoms with van der Waals surface area (Å²) in [6, 6.07) is 7.98. The Kier molecular flexibility index (Phi) is 4.69. The summed E-state index contributed by atoms with van der Waals surface area (Å²) in [6.45, 7) is 1.69. The Labute approximate surface area is 143 Å². The number of nitriles is 1. The predicted octanol–water partition coefficient (Wildman–Crippen LogP) is 4.72. The van der Waals surface area contributed by atoms with E-state index in [-0.39, 0.29) is 4.88 Å². The molecule has 1 aromatic heterocycles. The normalized spacial score (nSPS) is 14.8. The minimum absolute atomic E-state index is 0.253.